The zero-order valence-electron chi connectivity index (χ0n) is 24.4. The number of fused-ring (bicyclic) bond motifs is 1. The summed E-state index contributed by atoms with van der Waals surface area (Å²) in [5.74, 6) is 0.435. The quantitative estimate of drug-likeness (QED) is 0.239. The molecule has 0 bridgehead atoms. The zero-order valence-corrected chi connectivity index (χ0v) is 24.4. The number of halogens is 6. The van der Waals surface area contributed by atoms with Crippen molar-refractivity contribution in [2.24, 2.45) is 0 Å². The van der Waals surface area contributed by atoms with Gasteiger partial charge in [-0.1, -0.05) is 38.5 Å². The first-order valence-electron chi connectivity index (χ1n) is 14.1. The number of benzene rings is 2. The number of amides is 3. The number of hydrogen-bond donors (Lipinski definition) is 2. The molecule has 2 N–H and O–H groups in total. The molecule has 1 aliphatic rings. The van der Waals surface area contributed by atoms with Crippen molar-refractivity contribution in [3.63, 3.8) is 0 Å². The predicted octanol–water partition coefficient (Wildman–Crippen LogP) is 6.72. The molecule has 45 heavy (non-hydrogen) atoms. The van der Waals surface area contributed by atoms with Gasteiger partial charge in [-0.25, -0.2) is 4.79 Å². The van der Waals surface area contributed by atoms with Gasteiger partial charge >= 0.3 is 18.4 Å². The molecule has 0 spiro atoms. The average molecular weight is 640 g/mol. The number of nitrogens with zero attached hydrogens (tertiary/aromatic N) is 2. The van der Waals surface area contributed by atoms with Gasteiger partial charge in [-0.3, -0.25) is 14.7 Å². The third kappa shape index (κ3) is 7.32. The summed E-state index contributed by atoms with van der Waals surface area (Å²) in [5, 5.41) is 12.5. The molecule has 4 rings (SSSR count). The summed E-state index contributed by atoms with van der Waals surface area (Å²) in [4.78, 5) is 30.8. The van der Waals surface area contributed by atoms with E-state index in [0.29, 0.717) is 30.9 Å². The van der Waals surface area contributed by atoms with Crippen LogP contribution in [0.1, 0.15) is 54.6 Å². The zero-order chi connectivity index (χ0) is 33.0. The molecule has 0 atom stereocenters. The first-order valence-corrected chi connectivity index (χ1v) is 14.1. The molecule has 0 unspecified atom stereocenters. The fourth-order valence-corrected chi connectivity index (χ4v) is 4.80. The van der Waals surface area contributed by atoms with E-state index in [1.165, 1.54) is 18.3 Å². The minimum atomic E-state index is -6.02. The van der Waals surface area contributed by atoms with E-state index in [1.807, 2.05) is 18.2 Å². The molecule has 3 aromatic rings. The van der Waals surface area contributed by atoms with E-state index in [9.17, 15) is 41.0 Å². The molecule has 2 aromatic carbocycles. The van der Waals surface area contributed by atoms with Crippen molar-refractivity contribution >= 4 is 11.9 Å². The molecule has 8 nitrogen and oxygen atoms in total. The highest BCUT2D eigenvalue weighted by atomic mass is 19.4. The van der Waals surface area contributed by atoms with Gasteiger partial charge < -0.3 is 19.9 Å². The second kappa shape index (κ2) is 13.3. The van der Waals surface area contributed by atoms with E-state index in [-0.39, 0.29) is 43.0 Å². The Balaban J connectivity index is 1.47. The van der Waals surface area contributed by atoms with Gasteiger partial charge in [0.05, 0.1) is 25.0 Å². The van der Waals surface area contributed by atoms with Gasteiger partial charge in [0.25, 0.3) is 5.60 Å². The van der Waals surface area contributed by atoms with E-state index >= 15 is 0 Å². The maximum absolute atomic E-state index is 13.4. The third-order valence-electron chi connectivity index (χ3n) is 7.21. The van der Waals surface area contributed by atoms with Crippen LogP contribution in [-0.2, 0) is 36.3 Å². The summed E-state index contributed by atoms with van der Waals surface area (Å²) in [5.41, 5.74) is -4.23. The van der Waals surface area contributed by atoms with Gasteiger partial charge in [0.1, 0.15) is 17.2 Å². The molecule has 2 heterocycles. The molecule has 0 aliphatic carbocycles. The van der Waals surface area contributed by atoms with Crippen molar-refractivity contribution in [2.45, 2.75) is 70.6 Å². The molecular formula is C31H31F6N3O5. The number of rotatable bonds is 10. The van der Waals surface area contributed by atoms with E-state index in [1.54, 1.807) is 13.8 Å². The Morgan fingerprint density at radius 2 is 1.76 bits per heavy atom. The number of carbonyl (C=O) groups is 2. The summed E-state index contributed by atoms with van der Waals surface area (Å²) in [6.45, 7) is 3.90. The SMILES string of the molecule is CCCc1cc(C(O)(C(F)(F)F)C(F)(F)F)ccc1Oc1ccc(CN(C(=O)CC)C(=O)NCc2ccc3c(c2)CCO3)nc1. The van der Waals surface area contributed by atoms with Crippen molar-refractivity contribution in [3.05, 3.63) is 82.7 Å². The number of imide groups is 1. The molecule has 0 fully saturated rings. The number of aromatic nitrogens is 1. The van der Waals surface area contributed by atoms with Crippen LogP contribution < -0.4 is 14.8 Å². The molecule has 1 aromatic heterocycles. The number of hydrogen-bond acceptors (Lipinski definition) is 6. The lowest BCUT2D eigenvalue weighted by molar-refractivity contribution is -0.376. The molecule has 0 saturated carbocycles. The molecule has 3 amide bonds. The number of alkyl halides is 6. The Morgan fingerprint density at radius 1 is 1.02 bits per heavy atom. The standard InChI is InChI=1S/C31H31F6N3O5/c1-3-5-20-15-22(29(43,30(32,33)34)31(35,36)37)7-11-26(20)45-24-9-8-23(38-17-24)18-40(27(41)4-2)28(42)39-16-19-6-10-25-21(14-19)12-13-44-25/h6-11,14-15,17,43H,3-5,12-13,16,18H2,1-2H3,(H,39,42). The summed E-state index contributed by atoms with van der Waals surface area (Å²) in [6, 6.07) is 9.94. The monoisotopic (exact) mass is 639 g/mol. The third-order valence-corrected chi connectivity index (χ3v) is 7.21. The number of urea groups is 1. The smallest absolute Gasteiger partial charge is 0.430 e. The maximum Gasteiger partial charge on any atom is 0.430 e. The van der Waals surface area contributed by atoms with Crippen molar-refractivity contribution < 1.29 is 50.5 Å². The van der Waals surface area contributed by atoms with Crippen LogP contribution in [0.25, 0.3) is 0 Å². The molecule has 1 aliphatic heterocycles. The summed E-state index contributed by atoms with van der Waals surface area (Å²) >= 11 is 0. The lowest BCUT2D eigenvalue weighted by atomic mass is 9.90. The normalized spacial score (nSPS) is 13.2. The van der Waals surface area contributed by atoms with Crippen LogP contribution in [0.2, 0.25) is 0 Å². The van der Waals surface area contributed by atoms with Gasteiger partial charge in [0.15, 0.2) is 0 Å². The lowest BCUT2D eigenvalue weighted by Crippen LogP contribution is -2.53. The first kappa shape index (κ1) is 33.6. The number of aryl methyl sites for hydroxylation is 1. The molecule has 0 radical (unpaired) electrons. The summed E-state index contributed by atoms with van der Waals surface area (Å²) < 4.78 is 91.6. The highest BCUT2D eigenvalue weighted by Gasteiger charge is 2.71. The van der Waals surface area contributed by atoms with Crippen LogP contribution in [0.4, 0.5) is 31.1 Å². The largest absolute Gasteiger partial charge is 0.493 e. The Bertz CT molecular complexity index is 1510. The van der Waals surface area contributed by atoms with Crippen LogP contribution >= 0.6 is 0 Å². The van der Waals surface area contributed by atoms with Gasteiger partial charge in [0, 0.05) is 24.9 Å². The van der Waals surface area contributed by atoms with Crippen molar-refractivity contribution in [2.75, 3.05) is 6.61 Å². The van der Waals surface area contributed by atoms with Crippen LogP contribution in [0.5, 0.6) is 17.2 Å². The van der Waals surface area contributed by atoms with E-state index in [4.69, 9.17) is 9.47 Å². The topological polar surface area (TPSA) is 101 Å². The summed E-state index contributed by atoms with van der Waals surface area (Å²) in [6.07, 6.45) is -9.54. The minimum absolute atomic E-state index is 0.0123. The molecule has 242 valence electrons. The minimum Gasteiger partial charge on any atom is -0.493 e. The van der Waals surface area contributed by atoms with Gasteiger partial charge in [0.2, 0.25) is 5.91 Å². The average Bonchev–Trinajstić information content (AvgIpc) is 3.46. The van der Waals surface area contributed by atoms with Crippen LogP contribution in [0.3, 0.4) is 0 Å². The van der Waals surface area contributed by atoms with E-state index < -0.39 is 35.5 Å². The highest BCUT2D eigenvalue weighted by Crippen LogP contribution is 2.50. The maximum atomic E-state index is 13.4. The predicted molar refractivity (Wildman–Crippen MR) is 149 cm³/mol. The Kier molecular flexibility index (Phi) is 9.95. The number of pyridine rings is 1. The van der Waals surface area contributed by atoms with Crippen molar-refractivity contribution in [1.29, 1.82) is 0 Å². The van der Waals surface area contributed by atoms with Gasteiger partial charge in [-0.15, -0.1) is 0 Å². The number of nitrogens with one attached hydrogen (secondary N) is 1. The Morgan fingerprint density at radius 3 is 2.38 bits per heavy atom. The van der Waals surface area contributed by atoms with Crippen molar-refractivity contribution in [1.82, 2.24) is 15.2 Å². The van der Waals surface area contributed by atoms with Gasteiger partial charge in [-0.05, 0) is 53.4 Å². The van der Waals surface area contributed by atoms with Crippen LogP contribution in [-0.4, -0.2) is 45.9 Å². The van der Waals surface area contributed by atoms with E-state index in [2.05, 4.69) is 10.3 Å². The number of carbonyl (C=O) groups excluding carboxylic acids is 2. The number of ether oxygens (including phenoxy) is 2. The molecule has 0 saturated heterocycles. The van der Waals surface area contributed by atoms with Gasteiger partial charge in [-0.2, -0.15) is 26.3 Å². The van der Waals surface area contributed by atoms with Crippen molar-refractivity contribution in [3.8, 4) is 17.2 Å². The first-order chi connectivity index (χ1) is 21.2. The van der Waals surface area contributed by atoms with Crippen LogP contribution in [0, 0.1) is 0 Å². The molecular weight excluding hydrogens is 608 g/mol. The Hall–Kier alpha value is -4.33. The second-order valence-corrected chi connectivity index (χ2v) is 10.4. The number of aliphatic hydroxyl groups is 1. The van der Waals surface area contributed by atoms with Crippen LogP contribution in [0.15, 0.2) is 54.7 Å². The fraction of sp³-hybridized carbons (Fsp3) is 0.387. The highest BCUT2D eigenvalue weighted by molar-refractivity contribution is 5.94. The van der Waals surface area contributed by atoms with E-state index in [0.717, 1.165) is 34.3 Å². The fourth-order valence-electron chi connectivity index (χ4n) is 4.80. The lowest BCUT2D eigenvalue weighted by Gasteiger charge is -2.33. The Labute approximate surface area is 255 Å². The second-order valence-electron chi connectivity index (χ2n) is 10.4. The summed E-state index contributed by atoms with van der Waals surface area (Å²) in [7, 11) is 0. The molecule has 14 heteroatoms.